The molecule has 10 heteroatoms. The SMILES string of the molecule is CC[C@H](C(=O)NC)N(Cc1ccccc1)C(=O)CCCN(c1ccc(OC)c(Cl)c1)S(C)(=O)=O. The maximum Gasteiger partial charge on any atom is 0.242 e. The Bertz CT molecular complexity index is 1080. The molecule has 2 aromatic carbocycles. The molecular formula is C24H32ClN3O5S. The predicted molar refractivity (Wildman–Crippen MR) is 135 cm³/mol. The molecule has 0 bridgehead atoms. The van der Waals surface area contributed by atoms with Crippen molar-refractivity contribution in [1.82, 2.24) is 10.2 Å². The summed E-state index contributed by atoms with van der Waals surface area (Å²) in [6.45, 7) is 2.22. The summed E-state index contributed by atoms with van der Waals surface area (Å²) in [5, 5.41) is 2.91. The molecule has 0 unspecified atom stereocenters. The molecule has 0 radical (unpaired) electrons. The summed E-state index contributed by atoms with van der Waals surface area (Å²) in [4.78, 5) is 27.2. The number of sulfonamides is 1. The van der Waals surface area contributed by atoms with E-state index in [0.29, 0.717) is 17.9 Å². The summed E-state index contributed by atoms with van der Waals surface area (Å²) in [5.41, 5.74) is 1.29. The predicted octanol–water partition coefficient (Wildman–Crippen LogP) is 3.45. The van der Waals surface area contributed by atoms with Crippen molar-refractivity contribution in [2.24, 2.45) is 0 Å². The van der Waals surface area contributed by atoms with Gasteiger partial charge >= 0.3 is 0 Å². The van der Waals surface area contributed by atoms with Crippen LogP contribution in [-0.2, 0) is 26.2 Å². The molecule has 0 aliphatic carbocycles. The zero-order valence-corrected chi connectivity index (χ0v) is 21.5. The van der Waals surface area contributed by atoms with Crippen LogP contribution in [0.5, 0.6) is 5.75 Å². The average molecular weight is 510 g/mol. The summed E-state index contributed by atoms with van der Waals surface area (Å²) < 4.78 is 31.2. The Morgan fingerprint density at radius 1 is 1.15 bits per heavy atom. The highest BCUT2D eigenvalue weighted by Gasteiger charge is 2.28. The van der Waals surface area contributed by atoms with E-state index < -0.39 is 16.1 Å². The molecule has 2 aromatic rings. The monoisotopic (exact) mass is 509 g/mol. The van der Waals surface area contributed by atoms with Gasteiger partial charge in [0.15, 0.2) is 0 Å². The van der Waals surface area contributed by atoms with Crippen LogP contribution in [0.2, 0.25) is 5.02 Å². The summed E-state index contributed by atoms with van der Waals surface area (Å²) >= 11 is 6.18. The fourth-order valence-corrected chi connectivity index (χ4v) is 4.89. The number of benzene rings is 2. The standard InChI is InChI=1S/C24H32ClN3O5S/c1-5-21(24(30)26-2)27(17-18-10-7-6-8-11-18)23(29)12-9-15-28(34(4,31)32)19-13-14-22(33-3)20(25)16-19/h6-8,10-11,13-14,16,21H,5,9,12,15,17H2,1-4H3,(H,26,30)/t21-/m1/s1. The van der Waals surface area contributed by atoms with Crippen LogP contribution < -0.4 is 14.4 Å². The van der Waals surface area contributed by atoms with Gasteiger partial charge in [0.1, 0.15) is 11.8 Å². The first kappa shape index (κ1) is 27.5. The Morgan fingerprint density at radius 2 is 1.82 bits per heavy atom. The second kappa shape index (κ2) is 12.6. The van der Waals surface area contributed by atoms with E-state index in [4.69, 9.17) is 16.3 Å². The molecule has 8 nitrogen and oxygen atoms in total. The van der Waals surface area contributed by atoms with Crippen molar-refractivity contribution in [2.75, 3.05) is 31.3 Å². The zero-order valence-electron chi connectivity index (χ0n) is 20.0. The van der Waals surface area contributed by atoms with Crippen molar-refractivity contribution in [2.45, 2.75) is 38.8 Å². The number of nitrogens with one attached hydrogen (secondary N) is 1. The van der Waals surface area contributed by atoms with Crippen molar-refractivity contribution in [1.29, 1.82) is 0 Å². The Balaban J connectivity index is 2.18. The van der Waals surface area contributed by atoms with Gasteiger partial charge in [0, 0.05) is 26.6 Å². The van der Waals surface area contributed by atoms with Crippen LogP contribution in [0.4, 0.5) is 5.69 Å². The number of likely N-dealkylation sites (N-methyl/N-ethyl adjacent to an activating group) is 1. The number of nitrogens with zero attached hydrogens (tertiary/aromatic N) is 2. The van der Waals surface area contributed by atoms with Gasteiger partial charge in [-0.3, -0.25) is 13.9 Å². The third-order valence-corrected chi connectivity index (χ3v) is 6.89. The fraction of sp³-hybridized carbons (Fsp3) is 0.417. The van der Waals surface area contributed by atoms with Gasteiger partial charge in [0.25, 0.3) is 0 Å². The Kier molecular flexibility index (Phi) is 10.2. The molecular weight excluding hydrogens is 478 g/mol. The van der Waals surface area contributed by atoms with Crippen LogP contribution in [0, 0.1) is 0 Å². The molecule has 2 rings (SSSR count). The summed E-state index contributed by atoms with van der Waals surface area (Å²) in [6, 6.07) is 13.5. The van der Waals surface area contributed by atoms with Crippen molar-refractivity contribution in [3.05, 3.63) is 59.1 Å². The van der Waals surface area contributed by atoms with Crippen molar-refractivity contribution in [3.63, 3.8) is 0 Å². The van der Waals surface area contributed by atoms with E-state index in [1.165, 1.54) is 17.5 Å². The Morgan fingerprint density at radius 3 is 2.35 bits per heavy atom. The zero-order chi connectivity index (χ0) is 25.3. The van der Waals surface area contributed by atoms with E-state index in [0.717, 1.165) is 11.8 Å². The van der Waals surface area contributed by atoms with E-state index in [-0.39, 0.29) is 42.8 Å². The van der Waals surface area contributed by atoms with Gasteiger partial charge in [-0.05, 0) is 36.6 Å². The van der Waals surface area contributed by atoms with E-state index in [9.17, 15) is 18.0 Å². The van der Waals surface area contributed by atoms with Crippen LogP contribution >= 0.6 is 11.6 Å². The molecule has 0 aliphatic heterocycles. The highest BCUT2D eigenvalue weighted by Crippen LogP contribution is 2.30. The largest absolute Gasteiger partial charge is 0.495 e. The third kappa shape index (κ3) is 7.36. The molecule has 0 aromatic heterocycles. The minimum Gasteiger partial charge on any atom is -0.495 e. The number of ether oxygens (including phenoxy) is 1. The Labute approximate surface area is 206 Å². The lowest BCUT2D eigenvalue weighted by Gasteiger charge is -2.30. The van der Waals surface area contributed by atoms with Crippen LogP contribution in [0.1, 0.15) is 31.7 Å². The van der Waals surface area contributed by atoms with E-state index in [1.807, 2.05) is 37.3 Å². The number of hydrogen-bond donors (Lipinski definition) is 1. The van der Waals surface area contributed by atoms with Crippen molar-refractivity contribution >= 4 is 39.1 Å². The molecule has 0 saturated carbocycles. The first-order valence-electron chi connectivity index (χ1n) is 11.0. The number of hydrogen-bond acceptors (Lipinski definition) is 5. The molecule has 0 fully saturated rings. The van der Waals surface area contributed by atoms with Gasteiger partial charge in [0.05, 0.1) is 24.1 Å². The molecule has 34 heavy (non-hydrogen) atoms. The summed E-state index contributed by atoms with van der Waals surface area (Å²) in [5.74, 6) is -0.0247. The third-order valence-electron chi connectivity index (χ3n) is 5.40. The van der Waals surface area contributed by atoms with E-state index >= 15 is 0 Å². The normalized spacial score (nSPS) is 12.0. The van der Waals surface area contributed by atoms with Crippen LogP contribution in [-0.4, -0.2) is 58.1 Å². The van der Waals surface area contributed by atoms with Gasteiger partial charge in [-0.25, -0.2) is 8.42 Å². The molecule has 186 valence electrons. The van der Waals surface area contributed by atoms with Crippen LogP contribution in [0.15, 0.2) is 48.5 Å². The van der Waals surface area contributed by atoms with Crippen LogP contribution in [0.3, 0.4) is 0 Å². The van der Waals surface area contributed by atoms with Gasteiger partial charge in [0.2, 0.25) is 21.8 Å². The number of rotatable bonds is 12. The smallest absolute Gasteiger partial charge is 0.242 e. The second-order valence-electron chi connectivity index (χ2n) is 7.80. The minimum absolute atomic E-state index is 0.0796. The number of methoxy groups -OCH3 is 1. The number of carbonyl (C=O) groups is 2. The second-order valence-corrected chi connectivity index (χ2v) is 10.1. The maximum atomic E-state index is 13.2. The highest BCUT2D eigenvalue weighted by atomic mass is 35.5. The highest BCUT2D eigenvalue weighted by molar-refractivity contribution is 7.92. The quantitative estimate of drug-likeness (QED) is 0.472. The van der Waals surface area contributed by atoms with E-state index in [2.05, 4.69) is 5.32 Å². The van der Waals surface area contributed by atoms with Crippen molar-refractivity contribution < 1.29 is 22.7 Å². The summed E-state index contributed by atoms with van der Waals surface area (Å²) in [6.07, 6.45) is 1.91. The number of amides is 2. The molecule has 1 atom stereocenters. The lowest BCUT2D eigenvalue weighted by Crippen LogP contribution is -2.48. The molecule has 2 amide bonds. The number of halogens is 1. The van der Waals surface area contributed by atoms with Crippen molar-refractivity contribution in [3.8, 4) is 5.75 Å². The average Bonchev–Trinajstić information content (AvgIpc) is 2.81. The number of anilines is 1. The van der Waals surface area contributed by atoms with Gasteiger partial charge in [-0.15, -0.1) is 0 Å². The van der Waals surface area contributed by atoms with Crippen LogP contribution in [0.25, 0.3) is 0 Å². The molecule has 0 heterocycles. The van der Waals surface area contributed by atoms with Gasteiger partial charge in [-0.2, -0.15) is 0 Å². The topological polar surface area (TPSA) is 96.0 Å². The fourth-order valence-electron chi connectivity index (χ4n) is 3.68. The van der Waals surface area contributed by atoms with E-state index in [1.54, 1.807) is 24.1 Å². The molecule has 0 aliphatic rings. The Hall–Kier alpha value is -2.78. The lowest BCUT2D eigenvalue weighted by molar-refractivity contribution is -0.141. The van der Waals surface area contributed by atoms with Gasteiger partial charge in [-0.1, -0.05) is 48.9 Å². The molecule has 0 saturated heterocycles. The number of carbonyl (C=O) groups excluding carboxylic acids is 2. The summed E-state index contributed by atoms with van der Waals surface area (Å²) in [7, 11) is -0.596. The minimum atomic E-state index is -3.61. The molecule has 0 spiro atoms. The maximum absolute atomic E-state index is 13.2. The van der Waals surface area contributed by atoms with Gasteiger partial charge < -0.3 is 15.0 Å². The lowest BCUT2D eigenvalue weighted by atomic mass is 10.1. The first-order chi connectivity index (χ1) is 16.1. The molecule has 1 N–H and O–H groups in total. The first-order valence-corrected chi connectivity index (χ1v) is 13.2.